The van der Waals surface area contributed by atoms with Crippen LogP contribution in [0.25, 0.3) is 0 Å². The highest BCUT2D eigenvalue weighted by Crippen LogP contribution is 2.37. The van der Waals surface area contributed by atoms with Crippen LogP contribution >= 0.6 is 0 Å². The maximum atomic E-state index is 13.5. The summed E-state index contributed by atoms with van der Waals surface area (Å²) in [6, 6.07) is 8.58. The second-order valence-corrected chi connectivity index (χ2v) is 10.7. The van der Waals surface area contributed by atoms with Crippen LogP contribution in [-0.2, 0) is 0 Å². The molecule has 1 aliphatic heterocycles. The van der Waals surface area contributed by atoms with Gasteiger partial charge in [0, 0.05) is 41.2 Å². The summed E-state index contributed by atoms with van der Waals surface area (Å²) in [5.74, 6) is 0.157. The van der Waals surface area contributed by atoms with Crippen molar-refractivity contribution in [2.24, 2.45) is 5.92 Å². The number of fused-ring (bicyclic) bond motifs is 2. The molecule has 1 atom stereocenters. The average molecular weight is 486 g/mol. The van der Waals surface area contributed by atoms with Gasteiger partial charge >= 0.3 is 0 Å². The first kappa shape index (κ1) is 24.3. The fourth-order valence-corrected chi connectivity index (χ4v) is 6.07. The van der Waals surface area contributed by atoms with Crippen molar-refractivity contribution in [2.45, 2.75) is 39.0 Å². The van der Waals surface area contributed by atoms with Crippen molar-refractivity contribution >= 4 is 28.6 Å². The van der Waals surface area contributed by atoms with E-state index in [0.717, 1.165) is 37.0 Å². The molecular weight excluding hydrogens is 448 g/mol. The zero-order valence-corrected chi connectivity index (χ0v) is 21.2. The molecule has 0 saturated carbocycles. The van der Waals surface area contributed by atoms with Gasteiger partial charge in [-0.25, -0.2) is 0 Å². The molecule has 5 N–H and O–H groups in total. The van der Waals surface area contributed by atoms with Crippen LogP contribution in [0.4, 0.5) is 17.1 Å². The summed E-state index contributed by atoms with van der Waals surface area (Å²) in [4.78, 5) is 26.7. The van der Waals surface area contributed by atoms with Crippen LogP contribution in [0.2, 0.25) is 0 Å². The Morgan fingerprint density at radius 1 is 0.944 bits per heavy atom. The highest BCUT2D eigenvalue weighted by Gasteiger charge is 2.35. The first-order chi connectivity index (χ1) is 17.4. The molecule has 0 bridgehead atoms. The number of ketones is 2. The minimum atomic E-state index is -0.242. The fourth-order valence-electron chi connectivity index (χ4n) is 6.07. The first-order valence-electron chi connectivity index (χ1n) is 13.3. The van der Waals surface area contributed by atoms with E-state index >= 15 is 0 Å². The number of nitrogens with two attached hydrogens (primary N) is 2. The molecule has 0 spiro atoms. The smallest absolute Gasteiger partial charge is 0.198 e. The number of carbonyl (C=O) groups excluding carboxylic acids is 2. The summed E-state index contributed by atoms with van der Waals surface area (Å²) in [7, 11) is 0. The molecule has 6 heteroatoms. The average Bonchev–Trinajstić information content (AvgIpc) is 2.88. The Hall–Kier alpha value is -3.38. The van der Waals surface area contributed by atoms with Crippen molar-refractivity contribution in [3.8, 4) is 0 Å². The Bertz CT molecular complexity index is 1250. The maximum absolute atomic E-state index is 13.5. The van der Waals surface area contributed by atoms with Gasteiger partial charge in [-0.15, -0.1) is 0 Å². The third-order valence-electron chi connectivity index (χ3n) is 8.06. The van der Waals surface area contributed by atoms with E-state index in [4.69, 9.17) is 11.5 Å². The van der Waals surface area contributed by atoms with Crippen LogP contribution in [-0.4, -0.2) is 48.8 Å². The highest BCUT2D eigenvalue weighted by atomic mass is 16.1. The van der Waals surface area contributed by atoms with Crippen LogP contribution in [0, 0.1) is 5.92 Å². The van der Waals surface area contributed by atoms with Gasteiger partial charge in [0.2, 0.25) is 0 Å². The minimum Gasteiger partial charge on any atom is -0.398 e. The number of nitrogens with zero attached hydrogens (tertiary/aromatic N) is 1. The van der Waals surface area contributed by atoms with Gasteiger partial charge in [0.05, 0.1) is 36.3 Å². The monoisotopic (exact) mass is 485 g/mol. The van der Waals surface area contributed by atoms with Crippen LogP contribution in [0.5, 0.6) is 0 Å². The zero-order valence-electron chi connectivity index (χ0n) is 21.2. The van der Waals surface area contributed by atoms with Gasteiger partial charge in [-0.05, 0) is 49.8 Å². The topological polar surface area (TPSA) is 98.2 Å². The van der Waals surface area contributed by atoms with E-state index in [-0.39, 0.29) is 34.1 Å². The minimum absolute atomic E-state index is 0.224. The van der Waals surface area contributed by atoms with Crippen LogP contribution in [0.1, 0.15) is 70.9 Å². The number of piperidine rings is 1. The van der Waals surface area contributed by atoms with E-state index in [1.807, 2.05) is 12.1 Å². The molecule has 1 heterocycles. The normalized spacial score (nSPS) is 20.5. The number of hydrogen-bond donors (Lipinski definition) is 3. The Morgan fingerprint density at radius 3 is 2.36 bits per heavy atom. The Kier molecular flexibility index (Phi) is 6.71. The molecule has 2 aromatic carbocycles. The first-order valence-corrected chi connectivity index (χ1v) is 13.3. The number of quaternary nitrogens is 1. The number of benzene rings is 2. The van der Waals surface area contributed by atoms with E-state index in [0.29, 0.717) is 22.7 Å². The van der Waals surface area contributed by atoms with E-state index in [1.165, 1.54) is 37.9 Å². The van der Waals surface area contributed by atoms with E-state index in [1.54, 1.807) is 18.2 Å². The summed E-state index contributed by atoms with van der Waals surface area (Å²) in [6.07, 6.45) is 13.1. The second-order valence-electron chi connectivity index (χ2n) is 10.7. The number of likely N-dealkylation sites (tertiary alicyclic amines) is 1. The molecular formula is C30H37N4O2+. The molecule has 0 amide bonds. The van der Waals surface area contributed by atoms with Crippen LogP contribution in [0.15, 0.2) is 54.1 Å². The predicted octanol–water partition coefficient (Wildman–Crippen LogP) is 4.95. The SMILES string of the molecule is CC1C=CC(C[N+]2(CCCNc3cccc4c3C(=O)c3c(N)ccc(N)c3C4=O)CCCCC2)=CC1. The number of hydrogen-bond acceptors (Lipinski definition) is 5. The zero-order chi connectivity index (χ0) is 25.3. The molecule has 6 nitrogen and oxygen atoms in total. The molecule has 1 saturated heterocycles. The number of nitrogen functional groups attached to an aromatic ring is 2. The lowest BCUT2D eigenvalue weighted by molar-refractivity contribution is -0.928. The number of carbonyl (C=O) groups is 2. The predicted molar refractivity (Wildman–Crippen MR) is 146 cm³/mol. The molecule has 188 valence electrons. The van der Waals surface area contributed by atoms with Crippen molar-refractivity contribution in [3.05, 3.63) is 76.4 Å². The quantitative estimate of drug-likeness (QED) is 0.250. The standard InChI is InChI=1S/C30H36N4O2/c1-20-9-11-21(12-10-20)19-34(16-3-2-4-17-34)18-6-15-33-25-8-5-7-22-26(25)30(36)28-24(32)14-13-23(31)27(28)29(22)35/h5,7-9,11-14,20H,2-4,6,10,15-19H2,1H3,(H4-,31,32,33,35,36)/p+1. The lowest BCUT2D eigenvalue weighted by Crippen LogP contribution is -2.53. The molecule has 2 aromatic rings. The maximum Gasteiger partial charge on any atom is 0.198 e. The van der Waals surface area contributed by atoms with Gasteiger partial charge in [0.1, 0.15) is 6.54 Å². The van der Waals surface area contributed by atoms with Crippen molar-refractivity contribution in [2.75, 3.05) is 49.5 Å². The highest BCUT2D eigenvalue weighted by molar-refractivity contribution is 6.33. The van der Waals surface area contributed by atoms with Crippen molar-refractivity contribution in [1.29, 1.82) is 0 Å². The Balaban J connectivity index is 1.30. The van der Waals surface area contributed by atoms with E-state index < -0.39 is 0 Å². The second kappa shape index (κ2) is 9.94. The Morgan fingerprint density at radius 2 is 1.67 bits per heavy atom. The molecule has 0 radical (unpaired) electrons. The summed E-state index contributed by atoms with van der Waals surface area (Å²) in [5, 5.41) is 3.47. The van der Waals surface area contributed by atoms with Crippen molar-refractivity contribution in [1.82, 2.24) is 0 Å². The van der Waals surface area contributed by atoms with Crippen molar-refractivity contribution in [3.63, 3.8) is 0 Å². The molecule has 0 aromatic heterocycles. The van der Waals surface area contributed by atoms with Gasteiger partial charge in [0.15, 0.2) is 11.6 Å². The Labute approximate surface area is 213 Å². The van der Waals surface area contributed by atoms with Crippen LogP contribution < -0.4 is 16.8 Å². The fraction of sp³-hybridized carbons (Fsp3) is 0.400. The van der Waals surface area contributed by atoms with Gasteiger partial charge < -0.3 is 21.3 Å². The summed E-state index contributed by atoms with van der Waals surface area (Å²) in [6.45, 7) is 7.67. The number of rotatable bonds is 7. The van der Waals surface area contributed by atoms with Crippen LogP contribution in [0.3, 0.4) is 0 Å². The number of allylic oxidation sites excluding steroid dienone is 2. The van der Waals surface area contributed by atoms with Gasteiger partial charge in [-0.3, -0.25) is 9.59 Å². The molecule has 5 rings (SSSR count). The van der Waals surface area contributed by atoms with Gasteiger partial charge in [-0.1, -0.05) is 37.3 Å². The van der Waals surface area contributed by atoms with Gasteiger partial charge in [0.25, 0.3) is 0 Å². The number of nitrogens with one attached hydrogen (secondary N) is 1. The lowest BCUT2D eigenvalue weighted by Gasteiger charge is -2.42. The summed E-state index contributed by atoms with van der Waals surface area (Å²) >= 11 is 0. The molecule has 3 aliphatic rings. The number of anilines is 3. The summed E-state index contributed by atoms with van der Waals surface area (Å²) in [5.41, 5.74) is 16.1. The van der Waals surface area contributed by atoms with Gasteiger partial charge in [-0.2, -0.15) is 0 Å². The summed E-state index contributed by atoms with van der Waals surface area (Å²) < 4.78 is 1.14. The third kappa shape index (κ3) is 4.58. The molecule has 1 fully saturated rings. The van der Waals surface area contributed by atoms with Crippen molar-refractivity contribution < 1.29 is 14.1 Å². The molecule has 1 unspecified atom stereocenters. The molecule has 2 aliphatic carbocycles. The largest absolute Gasteiger partial charge is 0.398 e. The lowest BCUT2D eigenvalue weighted by atomic mass is 9.81. The third-order valence-corrected chi connectivity index (χ3v) is 8.06. The molecule has 36 heavy (non-hydrogen) atoms. The van der Waals surface area contributed by atoms with E-state index in [9.17, 15) is 9.59 Å². The van der Waals surface area contributed by atoms with E-state index in [2.05, 4.69) is 30.5 Å².